The SMILES string of the molecule is C1CCOCC1.[Cu]. The number of hydrogen-bond donors (Lipinski definition) is 0. The van der Waals surface area contributed by atoms with Crippen LogP contribution in [0.25, 0.3) is 0 Å². The van der Waals surface area contributed by atoms with Crippen molar-refractivity contribution in [3.05, 3.63) is 0 Å². The number of rotatable bonds is 0. The molecule has 0 spiro atoms. The first-order valence-electron chi connectivity index (χ1n) is 2.58. The molecule has 0 saturated carbocycles. The second kappa shape index (κ2) is 4.63. The zero-order valence-corrected chi connectivity index (χ0v) is 5.19. The van der Waals surface area contributed by atoms with Crippen LogP contribution < -0.4 is 0 Å². The largest absolute Gasteiger partial charge is 0.381 e. The second-order valence-electron chi connectivity index (χ2n) is 1.67. The van der Waals surface area contributed by atoms with Crippen LogP contribution in [0.3, 0.4) is 0 Å². The van der Waals surface area contributed by atoms with Gasteiger partial charge in [-0.25, -0.2) is 0 Å². The van der Waals surface area contributed by atoms with Gasteiger partial charge in [-0.1, -0.05) is 0 Å². The van der Waals surface area contributed by atoms with Crippen LogP contribution in [-0.4, -0.2) is 13.2 Å². The van der Waals surface area contributed by atoms with E-state index in [-0.39, 0.29) is 17.1 Å². The molecular weight excluding hydrogens is 140 g/mol. The summed E-state index contributed by atoms with van der Waals surface area (Å²) in [6, 6.07) is 0. The van der Waals surface area contributed by atoms with Gasteiger partial charge in [-0.3, -0.25) is 0 Å². The Labute approximate surface area is 54.9 Å². The van der Waals surface area contributed by atoms with E-state index in [9.17, 15) is 0 Å². The van der Waals surface area contributed by atoms with Crippen molar-refractivity contribution >= 4 is 0 Å². The summed E-state index contributed by atoms with van der Waals surface area (Å²) in [5, 5.41) is 0. The summed E-state index contributed by atoms with van der Waals surface area (Å²) in [6.45, 7) is 2.00. The van der Waals surface area contributed by atoms with Crippen molar-refractivity contribution in [2.24, 2.45) is 0 Å². The molecule has 1 radical (unpaired) electrons. The normalized spacial score (nSPS) is 20.6. The van der Waals surface area contributed by atoms with Crippen LogP contribution in [0, 0.1) is 0 Å². The Balaban J connectivity index is 0.000000360. The predicted octanol–water partition coefficient (Wildman–Crippen LogP) is 1.18. The molecule has 1 aliphatic heterocycles. The van der Waals surface area contributed by atoms with Crippen LogP contribution in [0.15, 0.2) is 0 Å². The van der Waals surface area contributed by atoms with Crippen LogP contribution in [0.1, 0.15) is 19.3 Å². The Morgan fingerprint density at radius 2 is 1.43 bits per heavy atom. The summed E-state index contributed by atoms with van der Waals surface area (Å²) in [4.78, 5) is 0. The summed E-state index contributed by atoms with van der Waals surface area (Å²) in [5.74, 6) is 0. The van der Waals surface area contributed by atoms with Crippen molar-refractivity contribution < 1.29 is 21.8 Å². The molecule has 7 heavy (non-hydrogen) atoms. The Kier molecular flexibility index (Phi) is 4.95. The van der Waals surface area contributed by atoms with Crippen LogP contribution >= 0.6 is 0 Å². The minimum atomic E-state index is 0. The molecule has 0 aliphatic carbocycles. The van der Waals surface area contributed by atoms with Gasteiger partial charge in [0.1, 0.15) is 0 Å². The molecule has 1 rings (SSSR count). The van der Waals surface area contributed by atoms with E-state index in [1.54, 1.807) is 0 Å². The van der Waals surface area contributed by atoms with Crippen molar-refractivity contribution in [3.63, 3.8) is 0 Å². The molecule has 0 unspecified atom stereocenters. The van der Waals surface area contributed by atoms with Gasteiger partial charge < -0.3 is 4.74 Å². The maximum Gasteiger partial charge on any atom is 0.0466 e. The monoisotopic (exact) mass is 149 g/mol. The summed E-state index contributed by atoms with van der Waals surface area (Å²) < 4.78 is 5.07. The molecule has 0 atom stereocenters. The molecule has 0 bridgehead atoms. The molecule has 0 aromatic carbocycles. The van der Waals surface area contributed by atoms with Crippen molar-refractivity contribution in [2.45, 2.75) is 19.3 Å². The minimum absolute atomic E-state index is 0. The Morgan fingerprint density at radius 1 is 0.857 bits per heavy atom. The van der Waals surface area contributed by atoms with E-state index < -0.39 is 0 Å². The summed E-state index contributed by atoms with van der Waals surface area (Å²) in [6.07, 6.45) is 3.93. The first-order chi connectivity index (χ1) is 3.00. The van der Waals surface area contributed by atoms with E-state index in [4.69, 9.17) is 4.74 Å². The topological polar surface area (TPSA) is 9.23 Å². The number of hydrogen-bond acceptors (Lipinski definition) is 1. The molecule has 0 aromatic heterocycles. The van der Waals surface area contributed by atoms with Gasteiger partial charge in [0.25, 0.3) is 0 Å². The van der Waals surface area contributed by atoms with Gasteiger partial charge in [0, 0.05) is 30.3 Å². The summed E-state index contributed by atoms with van der Waals surface area (Å²) in [5.41, 5.74) is 0. The van der Waals surface area contributed by atoms with Crippen LogP contribution in [0.2, 0.25) is 0 Å². The molecule has 1 saturated heterocycles. The third-order valence-corrected chi connectivity index (χ3v) is 1.08. The molecule has 0 N–H and O–H groups in total. The molecule has 47 valence electrons. The van der Waals surface area contributed by atoms with Gasteiger partial charge in [0.2, 0.25) is 0 Å². The first-order valence-corrected chi connectivity index (χ1v) is 2.58. The molecule has 1 nitrogen and oxygen atoms in total. The van der Waals surface area contributed by atoms with Crippen molar-refractivity contribution in [2.75, 3.05) is 13.2 Å². The standard InChI is InChI=1S/C5H10O.Cu/c1-2-4-6-5-3-1;/h1-5H2;. The van der Waals surface area contributed by atoms with Gasteiger partial charge >= 0.3 is 0 Å². The van der Waals surface area contributed by atoms with Crippen LogP contribution in [-0.2, 0) is 21.8 Å². The Bertz CT molecular complexity index is 23.6. The molecule has 1 aliphatic rings. The second-order valence-corrected chi connectivity index (χ2v) is 1.67. The Hall–Kier alpha value is 0.479. The average molecular weight is 150 g/mol. The van der Waals surface area contributed by atoms with Crippen LogP contribution in [0.4, 0.5) is 0 Å². The quantitative estimate of drug-likeness (QED) is 0.471. The van der Waals surface area contributed by atoms with Gasteiger partial charge in [-0.15, -0.1) is 0 Å². The molecule has 2 heteroatoms. The fraction of sp³-hybridized carbons (Fsp3) is 1.00. The van der Waals surface area contributed by atoms with E-state index in [1.165, 1.54) is 19.3 Å². The minimum Gasteiger partial charge on any atom is -0.381 e. The third-order valence-electron chi connectivity index (χ3n) is 1.08. The van der Waals surface area contributed by atoms with Gasteiger partial charge in [0.15, 0.2) is 0 Å². The van der Waals surface area contributed by atoms with E-state index in [2.05, 4.69) is 0 Å². The zero-order valence-electron chi connectivity index (χ0n) is 4.25. The summed E-state index contributed by atoms with van der Waals surface area (Å²) >= 11 is 0. The first kappa shape index (κ1) is 7.48. The van der Waals surface area contributed by atoms with Gasteiger partial charge in [-0.2, -0.15) is 0 Å². The van der Waals surface area contributed by atoms with Crippen LogP contribution in [0.5, 0.6) is 0 Å². The molecule has 0 aromatic rings. The molecule has 1 heterocycles. The smallest absolute Gasteiger partial charge is 0.0466 e. The maximum absolute atomic E-state index is 5.07. The van der Waals surface area contributed by atoms with Crippen molar-refractivity contribution in [1.82, 2.24) is 0 Å². The van der Waals surface area contributed by atoms with Crippen molar-refractivity contribution in [3.8, 4) is 0 Å². The van der Waals surface area contributed by atoms with E-state index in [0.717, 1.165) is 13.2 Å². The Morgan fingerprint density at radius 3 is 1.57 bits per heavy atom. The van der Waals surface area contributed by atoms with E-state index in [1.807, 2.05) is 0 Å². The van der Waals surface area contributed by atoms with E-state index in [0.29, 0.717) is 0 Å². The van der Waals surface area contributed by atoms with Gasteiger partial charge in [-0.05, 0) is 19.3 Å². The zero-order chi connectivity index (χ0) is 4.24. The summed E-state index contributed by atoms with van der Waals surface area (Å²) in [7, 11) is 0. The van der Waals surface area contributed by atoms with Gasteiger partial charge in [0.05, 0.1) is 0 Å². The molecule has 0 amide bonds. The third kappa shape index (κ3) is 3.10. The van der Waals surface area contributed by atoms with Crippen molar-refractivity contribution in [1.29, 1.82) is 0 Å². The predicted molar refractivity (Wildman–Crippen MR) is 24.7 cm³/mol. The number of ether oxygens (including phenoxy) is 1. The fourth-order valence-electron chi connectivity index (χ4n) is 0.687. The molecule has 1 fully saturated rings. The average Bonchev–Trinajstić information content (AvgIpc) is 1.72. The maximum atomic E-state index is 5.07. The fourth-order valence-corrected chi connectivity index (χ4v) is 0.687. The molecular formula is C5H10CuO. The van der Waals surface area contributed by atoms with E-state index >= 15 is 0 Å².